The Morgan fingerprint density at radius 2 is 1.96 bits per heavy atom. The third-order valence-electron chi connectivity index (χ3n) is 3.73. The summed E-state index contributed by atoms with van der Waals surface area (Å²) in [7, 11) is 0. The van der Waals surface area contributed by atoms with Crippen LogP contribution in [0.25, 0.3) is 0 Å². The first-order chi connectivity index (χ1) is 13.2. The number of amides is 1. The first-order valence-corrected chi connectivity index (χ1v) is 9.61. The van der Waals surface area contributed by atoms with Gasteiger partial charge < -0.3 is 20.4 Å². The van der Waals surface area contributed by atoms with Gasteiger partial charge in [-0.05, 0) is 48.2 Å². The highest BCUT2D eigenvalue weighted by Crippen LogP contribution is 2.12. The molecular weight excluding hydrogens is 360 g/mol. The Kier molecular flexibility index (Phi) is 6.65. The molecule has 0 bridgehead atoms. The first kappa shape index (κ1) is 18.7. The molecule has 3 aromatic rings. The number of nitrogens with zero attached hydrogens (tertiary/aromatic N) is 1. The lowest BCUT2D eigenvalue weighted by atomic mass is 10.2. The van der Waals surface area contributed by atoms with E-state index in [1.165, 1.54) is 11.1 Å². The smallest absolute Gasteiger partial charge is 0.291 e. The van der Waals surface area contributed by atoms with Crippen molar-refractivity contribution in [2.45, 2.75) is 20.0 Å². The minimum atomic E-state index is -0.266. The molecule has 0 saturated heterocycles. The molecule has 1 aromatic carbocycles. The molecule has 0 spiro atoms. The van der Waals surface area contributed by atoms with Crippen molar-refractivity contribution in [1.82, 2.24) is 10.6 Å². The van der Waals surface area contributed by atoms with Crippen molar-refractivity contribution in [3.05, 3.63) is 76.4 Å². The Hall–Kier alpha value is -3.06. The van der Waals surface area contributed by atoms with E-state index in [2.05, 4.69) is 32.4 Å². The fourth-order valence-electron chi connectivity index (χ4n) is 2.39. The van der Waals surface area contributed by atoms with Crippen molar-refractivity contribution in [2.24, 2.45) is 4.99 Å². The van der Waals surface area contributed by atoms with E-state index in [-0.39, 0.29) is 11.7 Å². The molecule has 140 valence electrons. The molecule has 3 N–H and O–H groups in total. The quantitative estimate of drug-likeness (QED) is 0.428. The third kappa shape index (κ3) is 5.72. The van der Waals surface area contributed by atoms with E-state index in [4.69, 9.17) is 4.42 Å². The number of anilines is 1. The predicted octanol–water partition coefficient (Wildman–Crippen LogP) is 3.85. The second-order valence-electron chi connectivity index (χ2n) is 5.76. The molecule has 0 fully saturated rings. The molecule has 0 aliphatic carbocycles. The summed E-state index contributed by atoms with van der Waals surface area (Å²) in [6, 6.07) is 15.1. The van der Waals surface area contributed by atoms with Crippen LogP contribution in [0.1, 0.15) is 27.9 Å². The van der Waals surface area contributed by atoms with Crippen LogP contribution in [0.5, 0.6) is 0 Å². The maximum atomic E-state index is 12.0. The van der Waals surface area contributed by atoms with E-state index < -0.39 is 0 Å². The number of carbonyl (C=O) groups excluding carboxylic acids is 1. The lowest BCUT2D eigenvalue weighted by Gasteiger charge is -2.10. The summed E-state index contributed by atoms with van der Waals surface area (Å²) >= 11 is 1.72. The van der Waals surface area contributed by atoms with Gasteiger partial charge in [0.25, 0.3) is 5.91 Å². The lowest BCUT2D eigenvalue weighted by Crippen LogP contribution is -2.36. The average molecular weight is 382 g/mol. The number of aliphatic imine (C=N–C) groups is 1. The summed E-state index contributed by atoms with van der Waals surface area (Å²) in [4.78, 5) is 17.8. The van der Waals surface area contributed by atoms with Crippen LogP contribution in [0.4, 0.5) is 5.69 Å². The summed E-state index contributed by atoms with van der Waals surface area (Å²) in [6.45, 7) is 4.14. The van der Waals surface area contributed by atoms with Crippen LogP contribution in [0.15, 0.2) is 69.6 Å². The Labute approximate surface area is 162 Å². The van der Waals surface area contributed by atoms with E-state index in [9.17, 15) is 4.79 Å². The molecule has 0 unspecified atom stereocenters. The molecule has 0 aliphatic rings. The fourth-order valence-corrected chi connectivity index (χ4v) is 3.03. The number of guanidine groups is 1. The van der Waals surface area contributed by atoms with Gasteiger partial charge in [-0.3, -0.25) is 4.79 Å². The summed E-state index contributed by atoms with van der Waals surface area (Å²) in [5.41, 5.74) is 1.77. The zero-order valence-electron chi connectivity index (χ0n) is 15.1. The zero-order valence-corrected chi connectivity index (χ0v) is 15.9. The van der Waals surface area contributed by atoms with Crippen LogP contribution >= 0.6 is 11.3 Å². The van der Waals surface area contributed by atoms with Gasteiger partial charge in [-0.2, -0.15) is 0 Å². The zero-order chi connectivity index (χ0) is 18.9. The fraction of sp³-hybridized carbons (Fsp3) is 0.200. The van der Waals surface area contributed by atoms with Crippen LogP contribution in [0.2, 0.25) is 0 Å². The molecule has 2 heterocycles. The van der Waals surface area contributed by atoms with Crippen molar-refractivity contribution in [1.29, 1.82) is 0 Å². The van der Waals surface area contributed by atoms with Crippen molar-refractivity contribution >= 4 is 28.9 Å². The maximum absolute atomic E-state index is 12.0. The normalized spacial score (nSPS) is 11.2. The van der Waals surface area contributed by atoms with Crippen LogP contribution < -0.4 is 16.0 Å². The topological polar surface area (TPSA) is 78.7 Å². The van der Waals surface area contributed by atoms with E-state index in [1.807, 2.05) is 37.3 Å². The SMILES string of the molecule is CCNC(=NCc1ccc(NC(=O)c2ccco2)cc1)NCc1cccs1. The highest BCUT2D eigenvalue weighted by molar-refractivity contribution is 7.09. The standard InChI is InChI=1S/C20H22N4O2S/c1-2-21-20(23-14-17-5-4-12-27-17)22-13-15-7-9-16(10-8-15)24-19(25)18-6-3-11-26-18/h3-12H,2,13-14H2,1H3,(H,24,25)(H2,21,22,23). The van der Waals surface area contributed by atoms with Crippen LogP contribution in [0.3, 0.4) is 0 Å². The van der Waals surface area contributed by atoms with Crippen molar-refractivity contribution in [2.75, 3.05) is 11.9 Å². The van der Waals surface area contributed by atoms with Gasteiger partial charge in [0.1, 0.15) is 0 Å². The minimum absolute atomic E-state index is 0.266. The summed E-state index contributed by atoms with van der Waals surface area (Å²) in [5, 5.41) is 11.4. The molecular formula is C20H22N4O2S. The number of thiophene rings is 1. The Morgan fingerprint density at radius 1 is 1.11 bits per heavy atom. The Balaban J connectivity index is 1.55. The van der Waals surface area contributed by atoms with Gasteiger partial charge in [-0.1, -0.05) is 18.2 Å². The van der Waals surface area contributed by atoms with Gasteiger partial charge >= 0.3 is 0 Å². The largest absolute Gasteiger partial charge is 0.459 e. The second-order valence-corrected chi connectivity index (χ2v) is 6.79. The van der Waals surface area contributed by atoms with Gasteiger partial charge in [0.15, 0.2) is 11.7 Å². The molecule has 0 atom stereocenters. The Bertz CT molecular complexity index is 856. The number of hydrogen-bond acceptors (Lipinski definition) is 4. The number of benzene rings is 1. The van der Waals surface area contributed by atoms with Crippen molar-refractivity contribution < 1.29 is 9.21 Å². The number of carbonyl (C=O) groups is 1. The summed E-state index contributed by atoms with van der Waals surface area (Å²) in [6.07, 6.45) is 1.48. The number of rotatable bonds is 7. The van der Waals surface area contributed by atoms with Crippen LogP contribution in [-0.2, 0) is 13.1 Å². The predicted molar refractivity (Wildman–Crippen MR) is 109 cm³/mol. The van der Waals surface area contributed by atoms with Crippen LogP contribution in [-0.4, -0.2) is 18.4 Å². The average Bonchev–Trinajstić information content (AvgIpc) is 3.39. The van der Waals surface area contributed by atoms with Crippen LogP contribution in [0, 0.1) is 0 Å². The summed E-state index contributed by atoms with van der Waals surface area (Å²) < 4.78 is 5.09. The van der Waals surface area contributed by atoms with Gasteiger partial charge in [-0.25, -0.2) is 4.99 Å². The minimum Gasteiger partial charge on any atom is -0.459 e. The van der Waals surface area contributed by atoms with E-state index in [0.29, 0.717) is 12.2 Å². The maximum Gasteiger partial charge on any atom is 0.291 e. The third-order valence-corrected chi connectivity index (χ3v) is 4.61. The molecule has 0 radical (unpaired) electrons. The molecule has 7 heteroatoms. The van der Waals surface area contributed by atoms with E-state index in [1.54, 1.807) is 23.5 Å². The highest BCUT2D eigenvalue weighted by Gasteiger charge is 2.08. The van der Waals surface area contributed by atoms with Gasteiger partial charge in [0.05, 0.1) is 19.4 Å². The highest BCUT2D eigenvalue weighted by atomic mass is 32.1. The molecule has 1 amide bonds. The molecule has 0 aliphatic heterocycles. The number of hydrogen-bond donors (Lipinski definition) is 3. The monoisotopic (exact) mass is 382 g/mol. The van der Waals surface area contributed by atoms with Gasteiger partial charge in [0.2, 0.25) is 0 Å². The van der Waals surface area contributed by atoms with E-state index >= 15 is 0 Å². The molecule has 27 heavy (non-hydrogen) atoms. The van der Waals surface area contributed by atoms with Crippen molar-refractivity contribution in [3.8, 4) is 0 Å². The molecule has 6 nitrogen and oxygen atoms in total. The van der Waals surface area contributed by atoms with E-state index in [0.717, 1.165) is 24.6 Å². The van der Waals surface area contributed by atoms with Gasteiger partial charge in [-0.15, -0.1) is 11.3 Å². The molecule has 3 rings (SSSR count). The van der Waals surface area contributed by atoms with Crippen molar-refractivity contribution in [3.63, 3.8) is 0 Å². The number of nitrogens with one attached hydrogen (secondary N) is 3. The Morgan fingerprint density at radius 3 is 2.63 bits per heavy atom. The number of furan rings is 1. The second kappa shape index (κ2) is 9.59. The van der Waals surface area contributed by atoms with Gasteiger partial charge in [0, 0.05) is 17.1 Å². The first-order valence-electron chi connectivity index (χ1n) is 8.73. The summed E-state index contributed by atoms with van der Waals surface area (Å²) in [5.74, 6) is 0.801. The molecule has 0 saturated carbocycles. The molecule has 2 aromatic heterocycles. The lowest BCUT2D eigenvalue weighted by molar-refractivity contribution is 0.0996.